The van der Waals surface area contributed by atoms with Crippen LogP contribution in [0.4, 0.5) is 0 Å². The van der Waals surface area contributed by atoms with Crippen molar-refractivity contribution in [1.29, 1.82) is 0 Å². The van der Waals surface area contributed by atoms with Crippen LogP contribution in [-0.4, -0.2) is 24.5 Å². The summed E-state index contributed by atoms with van der Waals surface area (Å²) in [7, 11) is 2.08. The Morgan fingerprint density at radius 1 is 1.14 bits per heavy atom. The largest absolute Gasteiger partial charge is 0.348 e. The molecule has 4 heteroatoms. The molecule has 0 radical (unpaired) electrons. The van der Waals surface area contributed by atoms with Gasteiger partial charge in [-0.2, -0.15) is 0 Å². The van der Waals surface area contributed by atoms with Crippen LogP contribution in [0.5, 0.6) is 0 Å². The summed E-state index contributed by atoms with van der Waals surface area (Å²) in [5, 5.41) is 3.52. The molecule has 2 aromatic rings. The Labute approximate surface area is 149 Å². The summed E-state index contributed by atoms with van der Waals surface area (Å²) in [6.07, 6.45) is 0. The molecule has 0 saturated heterocycles. The molecule has 0 amide bonds. The standard InChI is InChI=1S/C18H21N3.HI/c1-14-7-6-8-15(11-14)13-21(2)18-19-12-17(20-18)16-9-4-3-5-10-16;/h3-11,17H,12-13H2,1-2H3,(H,19,20);1H. The molecule has 0 aliphatic carbocycles. The Balaban J connectivity index is 0.00000176. The van der Waals surface area contributed by atoms with E-state index >= 15 is 0 Å². The summed E-state index contributed by atoms with van der Waals surface area (Å²) in [4.78, 5) is 6.82. The summed E-state index contributed by atoms with van der Waals surface area (Å²) < 4.78 is 0. The topological polar surface area (TPSA) is 27.6 Å². The number of nitrogens with one attached hydrogen (secondary N) is 1. The van der Waals surface area contributed by atoms with Crippen molar-refractivity contribution in [2.75, 3.05) is 13.6 Å². The Bertz CT molecular complexity index is 640. The first-order valence-corrected chi connectivity index (χ1v) is 7.35. The highest BCUT2D eigenvalue weighted by Gasteiger charge is 2.21. The third-order valence-electron chi connectivity index (χ3n) is 3.79. The minimum Gasteiger partial charge on any atom is -0.348 e. The first-order valence-electron chi connectivity index (χ1n) is 7.35. The van der Waals surface area contributed by atoms with Crippen LogP contribution in [0.15, 0.2) is 59.6 Å². The molecule has 0 saturated carbocycles. The second-order valence-electron chi connectivity index (χ2n) is 5.62. The van der Waals surface area contributed by atoms with Crippen LogP contribution >= 0.6 is 24.0 Å². The van der Waals surface area contributed by atoms with Crippen LogP contribution in [0.3, 0.4) is 0 Å². The van der Waals surface area contributed by atoms with E-state index < -0.39 is 0 Å². The van der Waals surface area contributed by atoms with Gasteiger partial charge in [-0.15, -0.1) is 24.0 Å². The molecular formula is C18H22IN3. The molecule has 1 atom stereocenters. The number of rotatable bonds is 3. The predicted molar refractivity (Wildman–Crippen MR) is 103 cm³/mol. The van der Waals surface area contributed by atoms with Crippen molar-refractivity contribution >= 4 is 29.9 Å². The smallest absolute Gasteiger partial charge is 0.194 e. The van der Waals surface area contributed by atoms with E-state index in [1.165, 1.54) is 16.7 Å². The van der Waals surface area contributed by atoms with E-state index in [9.17, 15) is 0 Å². The number of nitrogens with zero attached hydrogens (tertiary/aromatic N) is 2. The van der Waals surface area contributed by atoms with Gasteiger partial charge < -0.3 is 10.2 Å². The predicted octanol–water partition coefficient (Wildman–Crippen LogP) is 3.75. The van der Waals surface area contributed by atoms with Gasteiger partial charge in [-0.25, -0.2) is 0 Å². The molecule has 22 heavy (non-hydrogen) atoms. The quantitative estimate of drug-likeness (QED) is 0.786. The lowest BCUT2D eigenvalue weighted by Gasteiger charge is -2.21. The van der Waals surface area contributed by atoms with Gasteiger partial charge in [0.25, 0.3) is 0 Å². The molecule has 2 aromatic carbocycles. The van der Waals surface area contributed by atoms with Crippen molar-refractivity contribution in [3.05, 3.63) is 71.3 Å². The highest BCUT2D eigenvalue weighted by molar-refractivity contribution is 14.0. The molecule has 116 valence electrons. The zero-order chi connectivity index (χ0) is 14.7. The number of benzene rings is 2. The summed E-state index contributed by atoms with van der Waals surface area (Å²) in [6, 6.07) is 19.4. The van der Waals surface area contributed by atoms with E-state index in [2.05, 4.69) is 77.7 Å². The van der Waals surface area contributed by atoms with Gasteiger partial charge in [-0.3, -0.25) is 4.99 Å². The van der Waals surface area contributed by atoms with Crippen LogP contribution in [0.25, 0.3) is 0 Å². The van der Waals surface area contributed by atoms with E-state index in [0.717, 1.165) is 19.0 Å². The monoisotopic (exact) mass is 407 g/mol. The lowest BCUT2D eigenvalue weighted by molar-refractivity contribution is 0.480. The number of aliphatic imine (C=N–C) groups is 1. The fourth-order valence-corrected chi connectivity index (χ4v) is 2.69. The van der Waals surface area contributed by atoms with Crippen LogP contribution in [-0.2, 0) is 6.54 Å². The third-order valence-corrected chi connectivity index (χ3v) is 3.79. The van der Waals surface area contributed by atoms with Crippen LogP contribution in [0, 0.1) is 6.92 Å². The SMILES string of the molecule is Cc1cccc(CN(C)C2=NCC(c3ccccc3)N2)c1.I. The molecule has 0 bridgehead atoms. The fourth-order valence-electron chi connectivity index (χ4n) is 2.69. The van der Waals surface area contributed by atoms with Gasteiger partial charge in [-0.1, -0.05) is 60.2 Å². The van der Waals surface area contributed by atoms with Gasteiger partial charge in [0.1, 0.15) is 0 Å². The molecule has 1 heterocycles. The number of halogens is 1. The Morgan fingerprint density at radius 2 is 1.91 bits per heavy atom. The Kier molecular flexibility index (Phi) is 5.83. The highest BCUT2D eigenvalue weighted by Crippen LogP contribution is 2.18. The lowest BCUT2D eigenvalue weighted by atomic mass is 10.1. The zero-order valence-corrected chi connectivity index (χ0v) is 15.3. The maximum atomic E-state index is 4.64. The second-order valence-corrected chi connectivity index (χ2v) is 5.62. The van der Waals surface area contributed by atoms with Crippen LogP contribution in [0.1, 0.15) is 22.7 Å². The summed E-state index contributed by atoms with van der Waals surface area (Å²) >= 11 is 0. The average Bonchev–Trinajstić information content (AvgIpc) is 2.98. The maximum Gasteiger partial charge on any atom is 0.194 e. The first-order chi connectivity index (χ1) is 10.2. The van der Waals surface area contributed by atoms with Gasteiger partial charge in [0.15, 0.2) is 5.96 Å². The fraction of sp³-hybridized carbons (Fsp3) is 0.278. The summed E-state index contributed by atoms with van der Waals surface area (Å²) in [6.45, 7) is 3.80. The molecule has 0 fully saturated rings. The molecular weight excluding hydrogens is 385 g/mol. The van der Waals surface area contributed by atoms with E-state index in [0.29, 0.717) is 6.04 Å². The van der Waals surface area contributed by atoms with Crippen molar-refractivity contribution in [3.63, 3.8) is 0 Å². The average molecular weight is 407 g/mol. The minimum absolute atomic E-state index is 0. The summed E-state index contributed by atoms with van der Waals surface area (Å²) in [5.74, 6) is 0.977. The number of hydrogen-bond donors (Lipinski definition) is 1. The maximum absolute atomic E-state index is 4.64. The number of hydrogen-bond acceptors (Lipinski definition) is 3. The molecule has 1 N–H and O–H groups in total. The summed E-state index contributed by atoms with van der Waals surface area (Å²) in [5.41, 5.74) is 3.90. The van der Waals surface area contributed by atoms with Crippen molar-refractivity contribution < 1.29 is 0 Å². The van der Waals surface area contributed by atoms with E-state index in [-0.39, 0.29) is 24.0 Å². The first kappa shape index (κ1) is 16.8. The van der Waals surface area contributed by atoms with Crippen molar-refractivity contribution in [2.45, 2.75) is 19.5 Å². The van der Waals surface area contributed by atoms with E-state index in [4.69, 9.17) is 0 Å². The van der Waals surface area contributed by atoms with Crippen LogP contribution < -0.4 is 5.32 Å². The molecule has 3 rings (SSSR count). The van der Waals surface area contributed by atoms with E-state index in [1.54, 1.807) is 0 Å². The Morgan fingerprint density at radius 3 is 2.64 bits per heavy atom. The van der Waals surface area contributed by atoms with Gasteiger partial charge in [0.05, 0.1) is 12.6 Å². The van der Waals surface area contributed by atoms with Gasteiger partial charge in [0, 0.05) is 13.6 Å². The molecule has 3 nitrogen and oxygen atoms in total. The molecule has 1 aliphatic heterocycles. The van der Waals surface area contributed by atoms with Crippen molar-refractivity contribution in [3.8, 4) is 0 Å². The zero-order valence-electron chi connectivity index (χ0n) is 13.0. The second kappa shape index (κ2) is 7.63. The van der Waals surface area contributed by atoms with Crippen molar-refractivity contribution in [1.82, 2.24) is 10.2 Å². The van der Waals surface area contributed by atoms with Crippen LogP contribution in [0.2, 0.25) is 0 Å². The van der Waals surface area contributed by atoms with Gasteiger partial charge >= 0.3 is 0 Å². The normalized spacial score (nSPS) is 16.5. The third kappa shape index (κ3) is 4.00. The molecule has 1 unspecified atom stereocenters. The molecule has 0 aromatic heterocycles. The highest BCUT2D eigenvalue weighted by atomic mass is 127. The van der Waals surface area contributed by atoms with Crippen molar-refractivity contribution in [2.24, 2.45) is 4.99 Å². The molecule has 0 spiro atoms. The lowest BCUT2D eigenvalue weighted by Crippen LogP contribution is -2.36. The minimum atomic E-state index is 0. The van der Waals surface area contributed by atoms with Gasteiger partial charge in [0.2, 0.25) is 0 Å². The van der Waals surface area contributed by atoms with E-state index in [1.807, 2.05) is 6.07 Å². The number of guanidine groups is 1. The Hall–Kier alpha value is -1.56. The van der Waals surface area contributed by atoms with Gasteiger partial charge in [-0.05, 0) is 18.1 Å². The number of aryl methyl sites for hydroxylation is 1. The molecule has 1 aliphatic rings.